The molecule has 6 nitrogen and oxygen atoms in total. The van der Waals surface area contributed by atoms with Crippen LogP contribution in [0, 0.1) is 10.8 Å². The number of rotatable bonds is 3. The zero-order valence-electron chi connectivity index (χ0n) is 10.2. The summed E-state index contributed by atoms with van der Waals surface area (Å²) in [5.41, 5.74) is 11.1. The summed E-state index contributed by atoms with van der Waals surface area (Å²) in [7, 11) is 0. The molecule has 0 fully saturated rings. The van der Waals surface area contributed by atoms with Gasteiger partial charge >= 0.3 is 0 Å². The highest BCUT2D eigenvalue weighted by Crippen LogP contribution is 2.12. The molecule has 0 heterocycles. The molecular formula is C11H19ClN6. The van der Waals surface area contributed by atoms with E-state index in [1.807, 2.05) is 18.2 Å². The van der Waals surface area contributed by atoms with Gasteiger partial charge in [0.05, 0.1) is 0 Å². The topological polar surface area (TPSA) is 110 Å². The standard InChI is InChI=1S/C11H18N6.ClH/c1-8(9-5-3-2-4-6-9)7-15-11(14)17-16-10(12)13;/h2-6,8H,7H2,1H3,(H4,12,13,16)(H3,14,15,17);1H. The minimum atomic E-state index is -0.229. The Labute approximate surface area is 113 Å². The van der Waals surface area contributed by atoms with Gasteiger partial charge in [0.2, 0.25) is 11.9 Å². The summed E-state index contributed by atoms with van der Waals surface area (Å²) >= 11 is 0. The molecule has 1 aromatic rings. The second kappa shape index (κ2) is 8.19. The second-order valence-electron chi connectivity index (χ2n) is 3.73. The van der Waals surface area contributed by atoms with Crippen molar-refractivity contribution >= 4 is 24.3 Å². The molecule has 0 aromatic heterocycles. The predicted octanol–water partition coefficient (Wildman–Crippen LogP) is 0.724. The van der Waals surface area contributed by atoms with Gasteiger partial charge in [-0.3, -0.25) is 21.7 Å². The minimum Gasteiger partial charge on any atom is -0.369 e. The average Bonchev–Trinajstić information content (AvgIpc) is 2.34. The van der Waals surface area contributed by atoms with Crippen LogP contribution in [0.4, 0.5) is 0 Å². The maximum absolute atomic E-state index is 7.50. The van der Waals surface area contributed by atoms with Gasteiger partial charge in [-0.2, -0.15) is 0 Å². The van der Waals surface area contributed by atoms with Crippen LogP contribution in [0.25, 0.3) is 0 Å². The molecule has 7 heteroatoms. The Morgan fingerprint density at radius 3 is 2.39 bits per heavy atom. The van der Waals surface area contributed by atoms with Gasteiger partial charge in [-0.1, -0.05) is 37.3 Å². The molecule has 0 aliphatic heterocycles. The Bertz CT molecular complexity index is 380. The molecular weight excluding hydrogens is 252 g/mol. The van der Waals surface area contributed by atoms with Gasteiger partial charge in [0.15, 0.2) is 0 Å². The lowest BCUT2D eigenvalue weighted by atomic mass is 10.0. The number of halogens is 1. The summed E-state index contributed by atoms with van der Waals surface area (Å²) in [6, 6.07) is 10.1. The SMILES string of the molecule is CC(CNC(=N)NNC(=N)N)c1ccccc1.Cl. The van der Waals surface area contributed by atoms with E-state index in [4.69, 9.17) is 16.6 Å². The summed E-state index contributed by atoms with van der Waals surface area (Å²) in [5, 5.41) is 17.3. The molecule has 0 saturated heterocycles. The van der Waals surface area contributed by atoms with Crippen molar-refractivity contribution in [1.82, 2.24) is 16.2 Å². The molecule has 0 radical (unpaired) electrons. The normalized spacial score (nSPS) is 10.7. The van der Waals surface area contributed by atoms with Crippen LogP contribution in [0.15, 0.2) is 30.3 Å². The highest BCUT2D eigenvalue weighted by molar-refractivity contribution is 5.85. The van der Waals surface area contributed by atoms with E-state index in [1.165, 1.54) is 5.56 Å². The third-order valence-corrected chi connectivity index (χ3v) is 2.28. The molecule has 18 heavy (non-hydrogen) atoms. The number of hydrazine groups is 1. The summed E-state index contributed by atoms with van der Waals surface area (Å²) in [6.07, 6.45) is 0. The van der Waals surface area contributed by atoms with Gasteiger partial charge in [-0.25, -0.2) is 0 Å². The van der Waals surface area contributed by atoms with Crippen molar-refractivity contribution in [3.63, 3.8) is 0 Å². The van der Waals surface area contributed by atoms with E-state index in [-0.39, 0.29) is 24.3 Å². The maximum atomic E-state index is 7.50. The lowest BCUT2D eigenvalue weighted by Gasteiger charge is -2.15. The third kappa shape index (κ3) is 5.95. The van der Waals surface area contributed by atoms with Crippen LogP contribution in [0.5, 0.6) is 0 Å². The molecule has 100 valence electrons. The largest absolute Gasteiger partial charge is 0.369 e. The molecule has 0 spiro atoms. The third-order valence-electron chi connectivity index (χ3n) is 2.28. The van der Waals surface area contributed by atoms with Crippen molar-refractivity contribution in [2.75, 3.05) is 6.54 Å². The Kier molecular flexibility index (Phi) is 7.30. The Balaban J connectivity index is 0.00000289. The Morgan fingerprint density at radius 1 is 1.22 bits per heavy atom. The first kappa shape index (κ1) is 16.1. The van der Waals surface area contributed by atoms with Gasteiger partial charge in [-0.15, -0.1) is 12.4 Å². The molecule has 1 atom stereocenters. The molecule has 1 unspecified atom stereocenters. The molecule has 7 N–H and O–H groups in total. The van der Waals surface area contributed by atoms with Crippen LogP contribution in [0.1, 0.15) is 18.4 Å². The van der Waals surface area contributed by atoms with Crippen molar-refractivity contribution in [2.24, 2.45) is 5.73 Å². The van der Waals surface area contributed by atoms with E-state index < -0.39 is 0 Å². The Morgan fingerprint density at radius 2 is 1.83 bits per heavy atom. The van der Waals surface area contributed by atoms with Gasteiger partial charge in [0.1, 0.15) is 0 Å². The zero-order valence-corrected chi connectivity index (χ0v) is 11.0. The molecule has 0 amide bonds. The van der Waals surface area contributed by atoms with Crippen molar-refractivity contribution in [1.29, 1.82) is 10.8 Å². The second-order valence-corrected chi connectivity index (χ2v) is 3.73. The van der Waals surface area contributed by atoms with Gasteiger partial charge < -0.3 is 11.1 Å². The monoisotopic (exact) mass is 270 g/mol. The summed E-state index contributed by atoms with van der Waals surface area (Å²) < 4.78 is 0. The molecule has 1 aromatic carbocycles. The molecule has 0 aliphatic rings. The molecule has 1 rings (SSSR count). The van der Waals surface area contributed by atoms with Gasteiger partial charge in [0, 0.05) is 6.54 Å². The van der Waals surface area contributed by atoms with Crippen LogP contribution >= 0.6 is 12.4 Å². The van der Waals surface area contributed by atoms with E-state index in [1.54, 1.807) is 0 Å². The Hall–Kier alpha value is -1.95. The number of hydrogen-bond acceptors (Lipinski definition) is 2. The van der Waals surface area contributed by atoms with Crippen molar-refractivity contribution in [2.45, 2.75) is 12.8 Å². The van der Waals surface area contributed by atoms with Crippen molar-refractivity contribution in [3.8, 4) is 0 Å². The lowest BCUT2D eigenvalue weighted by molar-refractivity contribution is 0.688. The average molecular weight is 271 g/mol. The number of nitrogens with one attached hydrogen (secondary N) is 5. The van der Waals surface area contributed by atoms with E-state index in [0.717, 1.165) is 0 Å². The highest BCUT2D eigenvalue weighted by Gasteiger charge is 2.05. The summed E-state index contributed by atoms with van der Waals surface area (Å²) in [5.74, 6) is 0.159. The van der Waals surface area contributed by atoms with Crippen LogP contribution in [-0.4, -0.2) is 18.5 Å². The molecule has 0 aliphatic carbocycles. The van der Waals surface area contributed by atoms with E-state index in [9.17, 15) is 0 Å². The summed E-state index contributed by atoms with van der Waals surface area (Å²) in [6.45, 7) is 2.71. The van der Waals surface area contributed by atoms with Crippen LogP contribution < -0.4 is 21.9 Å². The fourth-order valence-corrected chi connectivity index (χ4v) is 1.33. The van der Waals surface area contributed by atoms with Crippen LogP contribution in [0.2, 0.25) is 0 Å². The number of nitrogens with two attached hydrogens (primary N) is 1. The highest BCUT2D eigenvalue weighted by atomic mass is 35.5. The minimum absolute atomic E-state index is 0. The first-order valence-corrected chi connectivity index (χ1v) is 5.33. The first-order chi connectivity index (χ1) is 8.09. The molecule has 0 bridgehead atoms. The van der Waals surface area contributed by atoms with Crippen LogP contribution in [-0.2, 0) is 0 Å². The van der Waals surface area contributed by atoms with Gasteiger partial charge in [-0.05, 0) is 11.5 Å². The number of guanidine groups is 2. The fourth-order valence-electron chi connectivity index (χ4n) is 1.33. The molecule has 0 saturated carbocycles. The number of hydrogen-bond donors (Lipinski definition) is 6. The first-order valence-electron chi connectivity index (χ1n) is 5.33. The summed E-state index contributed by atoms with van der Waals surface area (Å²) in [4.78, 5) is 0. The van der Waals surface area contributed by atoms with Crippen molar-refractivity contribution in [3.05, 3.63) is 35.9 Å². The van der Waals surface area contributed by atoms with E-state index in [0.29, 0.717) is 12.5 Å². The van der Waals surface area contributed by atoms with E-state index in [2.05, 4.69) is 35.2 Å². The smallest absolute Gasteiger partial charge is 0.207 e. The predicted molar refractivity (Wildman–Crippen MR) is 76.0 cm³/mol. The van der Waals surface area contributed by atoms with Crippen molar-refractivity contribution < 1.29 is 0 Å². The fraction of sp³-hybridized carbons (Fsp3) is 0.273. The zero-order chi connectivity index (χ0) is 12.7. The van der Waals surface area contributed by atoms with Gasteiger partial charge in [0.25, 0.3) is 0 Å². The lowest BCUT2D eigenvalue weighted by Crippen LogP contribution is -2.50. The number of benzene rings is 1. The van der Waals surface area contributed by atoms with Crippen LogP contribution in [0.3, 0.4) is 0 Å². The maximum Gasteiger partial charge on any atom is 0.207 e. The van der Waals surface area contributed by atoms with E-state index >= 15 is 0 Å². The quantitative estimate of drug-likeness (QED) is 0.276.